The van der Waals surface area contributed by atoms with E-state index in [1.165, 1.54) is 10.6 Å². The van der Waals surface area contributed by atoms with Gasteiger partial charge in [-0.05, 0) is 31.5 Å². The van der Waals surface area contributed by atoms with Gasteiger partial charge in [0, 0.05) is 42.6 Å². The number of hydrogen-bond acceptors (Lipinski definition) is 4. The highest BCUT2D eigenvalue weighted by molar-refractivity contribution is 7.99. The van der Waals surface area contributed by atoms with Crippen LogP contribution in [0.2, 0.25) is 0 Å². The maximum absolute atomic E-state index is 5.86. The minimum atomic E-state index is 0.805. The van der Waals surface area contributed by atoms with Crippen LogP contribution < -0.4 is 10.6 Å². The van der Waals surface area contributed by atoms with Crippen molar-refractivity contribution in [2.75, 3.05) is 42.7 Å². The van der Waals surface area contributed by atoms with Crippen molar-refractivity contribution in [1.29, 1.82) is 0 Å². The lowest BCUT2D eigenvalue weighted by Gasteiger charge is -2.31. The molecule has 0 saturated carbocycles. The summed E-state index contributed by atoms with van der Waals surface area (Å²) in [6, 6.07) is 6.20. The van der Waals surface area contributed by atoms with E-state index >= 15 is 0 Å². The van der Waals surface area contributed by atoms with E-state index in [2.05, 4.69) is 17.0 Å². The summed E-state index contributed by atoms with van der Waals surface area (Å²) < 4.78 is 5.38. The van der Waals surface area contributed by atoms with Gasteiger partial charge in [0.25, 0.3) is 0 Å². The number of nitrogens with zero attached hydrogens (tertiary/aromatic N) is 1. The van der Waals surface area contributed by atoms with Crippen LogP contribution in [0.25, 0.3) is 0 Å². The standard InChI is InChI=1S/C13H20N2OS/c1-2-16-8-3-6-15-7-9-17-13-5-4-11(14)10-12(13)15/h4-5,10H,2-3,6-9,14H2,1H3. The van der Waals surface area contributed by atoms with E-state index < -0.39 is 0 Å². The molecule has 1 heterocycles. The number of rotatable bonds is 5. The van der Waals surface area contributed by atoms with Gasteiger partial charge in [-0.2, -0.15) is 0 Å². The Morgan fingerprint density at radius 1 is 1.47 bits per heavy atom. The molecule has 1 aliphatic heterocycles. The molecule has 0 radical (unpaired) electrons. The third-order valence-electron chi connectivity index (χ3n) is 2.86. The monoisotopic (exact) mass is 252 g/mol. The fourth-order valence-electron chi connectivity index (χ4n) is 2.02. The van der Waals surface area contributed by atoms with Gasteiger partial charge in [-0.1, -0.05) is 0 Å². The fraction of sp³-hybridized carbons (Fsp3) is 0.538. The number of ether oxygens (including phenoxy) is 1. The lowest BCUT2D eigenvalue weighted by atomic mass is 10.2. The van der Waals surface area contributed by atoms with Crippen molar-refractivity contribution in [3.8, 4) is 0 Å². The predicted molar refractivity (Wildman–Crippen MR) is 74.9 cm³/mol. The van der Waals surface area contributed by atoms with Crippen molar-refractivity contribution < 1.29 is 4.74 Å². The number of nitrogen functional groups attached to an aromatic ring is 1. The van der Waals surface area contributed by atoms with Crippen LogP contribution in [0.3, 0.4) is 0 Å². The molecule has 0 spiro atoms. The Bertz CT molecular complexity index is 370. The molecular formula is C13H20N2OS. The first-order valence-corrected chi connectivity index (χ1v) is 7.15. The Balaban J connectivity index is 1.98. The molecule has 3 nitrogen and oxygen atoms in total. The summed E-state index contributed by atoms with van der Waals surface area (Å²) in [5, 5.41) is 0. The van der Waals surface area contributed by atoms with Crippen molar-refractivity contribution >= 4 is 23.1 Å². The second kappa shape index (κ2) is 6.17. The van der Waals surface area contributed by atoms with Gasteiger partial charge in [0.2, 0.25) is 0 Å². The smallest absolute Gasteiger partial charge is 0.0525 e. The van der Waals surface area contributed by atoms with E-state index in [4.69, 9.17) is 10.5 Å². The van der Waals surface area contributed by atoms with Crippen LogP contribution in [0.5, 0.6) is 0 Å². The second-order valence-electron chi connectivity index (χ2n) is 4.11. The Labute approximate surface area is 107 Å². The molecule has 0 fully saturated rings. The first-order valence-electron chi connectivity index (χ1n) is 6.16. The van der Waals surface area contributed by atoms with Crippen molar-refractivity contribution in [3.05, 3.63) is 18.2 Å². The Morgan fingerprint density at radius 2 is 2.35 bits per heavy atom. The molecule has 1 aromatic rings. The van der Waals surface area contributed by atoms with Crippen molar-refractivity contribution in [1.82, 2.24) is 0 Å². The van der Waals surface area contributed by atoms with Gasteiger partial charge in [0.1, 0.15) is 0 Å². The van der Waals surface area contributed by atoms with Gasteiger partial charge in [-0.25, -0.2) is 0 Å². The Morgan fingerprint density at radius 3 is 3.18 bits per heavy atom. The van der Waals surface area contributed by atoms with E-state index in [9.17, 15) is 0 Å². The normalized spacial score (nSPS) is 14.8. The minimum Gasteiger partial charge on any atom is -0.399 e. The van der Waals surface area contributed by atoms with Gasteiger partial charge in [-0.3, -0.25) is 0 Å². The Hall–Kier alpha value is -0.870. The summed E-state index contributed by atoms with van der Waals surface area (Å²) >= 11 is 1.92. The first-order chi connectivity index (χ1) is 8.31. The average Bonchev–Trinajstić information content (AvgIpc) is 2.35. The van der Waals surface area contributed by atoms with Crippen LogP contribution in [0.1, 0.15) is 13.3 Å². The van der Waals surface area contributed by atoms with Crippen LogP contribution in [-0.4, -0.2) is 32.1 Å². The summed E-state index contributed by atoms with van der Waals surface area (Å²) in [4.78, 5) is 3.77. The Kier molecular flexibility index (Phi) is 4.57. The number of benzene rings is 1. The highest BCUT2D eigenvalue weighted by Gasteiger charge is 2.16. The molecule has 0 atom stereocenters. The average molecular weight is 252 g/mol. The summed E-state index contributed by atoms with van der Waals surface area (Å²) in [5.74, 6) is 1.16. The zero-order chi connectivity index (χ0) is 12.1. The summed E-state index contributed by atoms with van der Waals surface area (Å²) in [6.45, 7) is 5.84. The molecule has 94 valence electrons. The van der Waals surface area contributed by atoms with Crippen LogP contribution in [0, 0.1) is 0 Å². The maximum Gasteiger partial charge on any atom is 0.0525 e. The van der Waals surface area contributed by atoms with Crippen molar-refractivity contribution in [2.45, 2.75) is 18.2 Å². The molecule has 1 aliphatic rings. The highest BCUT2D eigenvalue weighted by atomic mass is 32.2. The van der Waals surface area contributed by atoms with Gasteiger partial charge < -0.3 is 15.4 Å². The molecule has 4 heteroatoms. The number of thioether (sulfide) groups is 1. The van der Waals surface area contributed by atoms with Crippen molar-refractivity contribution in [3.63, 3.8) is 0 Å². The molecule has 0 amide bonds. The molecule has 2 N–H and O–H groups in total. The highest BCUT2D eigenvalue weighted by Crippen LogP contribution is 2.35. The van der Waals surface area contributed by atoms with Crippen LogP contribution >= 0.6 is 11.8 Å². The fourth-order valence-corrected chi connectivity index (χ4v) is 3.06. The number of fused-ring (bicyclic) bond motifs is 1. The van der Waals surface area contributed by atoms with Crippen molar-refractivity contribution in [2.24, 2.45) is 0 Å². The van der Waals surface area contributed by atoms with Crippen LogP contribution in [0.15, 0.2) is 23.1 Å². The molecule has 0 aliphatic carbocycles. The molecule has 17 heavy (non-hydrogen) atoms. The topological polar surface area (TPSA) is 38.5 Å². The number of nitrogens with two attached hydrogens (primary N) is 1. The SMILES string of the molecule is CCOCCCN1CCSc2ccc(N)cc21. The number of anilines is 2. The summed E-state index contributed by atoms with van der Waals surface area (Å²) in [7, 11) is 0. The molecule has 0 aromatic heterocycles. The van der Waals surface area contributed by atoms with Crippen LogP contribution in [-0.2, 0) is 4.74 Å². The predicted octanol–water partition coefficient (Wildman–Crippen LogP) is 2.61. The minimum absolute atomic E-state index is 0.805. The van der Waals surface area contributed by atoms with Gasteiger partial charge in [0.15, 0.2) is 0 Å². The molecule has 0 saturated heterocycles. The van der Waals surface area contributed by atoms with E-state index in [0.29, 0.717) is 0 Å². The molecule has 0 unspecified atom stereocenters. The molecule has 0 bridgehead atoms. The van der Waals surface area contributed by atoms with Crippen LogP contribution in [0.4, 0.5) is 11.4 Å². The van der Waals surface area contributed by atoms with E-state index in [1.807, 2.05) is 24.8 Å². The van der Waals surface area contributed by atoms with Gasteiger partial charge >= 0.3 is 0 Å². The van der Waals surface area contributed by atoms with Gasteiger partial charge in [0.05, 0.1) is 5.69 Å². The summed E-state index contributed by atoms with van der Waals surface area (Å²) in [5.41, 5.74) is 8.00. The van der Waals surface area contributed by atoms with Gasteiger partial charge in [-0.15, -0.1) is 11.8 Å². The van der Waals surface area contributed by atoms with E-state index in [0.717, 1.165) is 44.2 Å². The van der Waals surface area contributed by atoms with E-state index in [-0.39, 0.29) is 0 Å². The van der Waals surface area contributed by atoms with E-state index in [1.54, 1.807) is 0 Å². The third kappa shape index (κ3) is 3.30. The third-order valence-corrected chi connectivity index (χ3v) is 3.91. The quantitative estimate of drug-likeness (QED) is 0.646. The lowest BCUT2D eigenvalue weighted by Crippen LogP contribution is -2.30. The zero-order valence-electron chi connectivity index (χ0n) is 10.3. The second-order valence-corrected chi connectivity index (χ2v) is 5.25. The zero-order valence-corrected chi connectivity index (χ0v) is 11.1. The summed E-state index contributed by atoms with van der Waals surface area (Å²) in [6.07, 6.45) is 1.08. The molecule has 1 aromatic carbocycles. The maximum atomic E-state index is 5.86. The lowest BCUT2D eigenvalue weighted by molar-refractivity contribution is 0.146. The molecular weight excluding hydrogens is 232 g/mol. The first kappa shape index (κ1) is 12.6. The largest absolute Gasteiger partial charge is 0.399 e. The molecule has 2 rings (SSSR count). The number of hydrogen-bond donors (Lipinski definition) is 1.